The average Bonchev–Trinajstić information content (AvgIpc) is 2.12. The molecule has 0 saturated heterocycles. The number of hydrogen-bond donors (Lipinski definition) is 1. The van der Waals surface area contributed by atoms with Gasteiger partial charge in [-0.1, -0.05) is 22.6 Å². The van der Waals surface area contributed by atoms with E-state index in [-0.39, 0.29) is 4.90 Å². The highest BCUT2D eigenvalue weighted by molar-refractivity contribution is 14.1. The quantitative estimate of drug-likeness (QED) is 0.663. The van der Waals surface area contributed by atoms with Gasteiger partial charge in [-0.2, -0.15) is 0 Å². The third kappa shape index (κ3) is 3.14. The minimum absolute atomic E-state index is 0.179. The van der Waals surface area contributed by atoms with Crippen molar-refractivity contribution in [3.8, 4) is 0 Å². The molecule has 0 aliphatic heterocycles. The standard InChI is InChI=1S/C10H13FINO2S/c1-7-5-9(11)6-8(2)10(7)16(14,15)13-4-3-12/h5-6,13H,3-4H2,1-2H3. The third-order valence-corrected chi connectivity index (χ3v) is 4.39. The highest BCUT2D eigenvalue weighted by atomic mass is 127. The zero-order valence-corrected chi connectivity index (χ0v) is 12.0. The Labute approximate surface area is 109 Å². The summed E-state index contributed by atoms with van der Waals surface area (Å²) in [5, 5.41) is 0. The van der Waals surface area contributed by atoms with E-state index in [1.807, 2.05) is 0 Å². The van der Waals surface area contributed by atoms with Crippen molar-refractivity contribution >= 4 is 32.6 Å². The van der Waals surface area contributed by atoms with Gasteiger partial charge in [0.15, 0.2) is 0 Å². The second-order valence-electron chi connectivity index (χ2n) is 3.46. The van der Waals surface area contributed by atoms with Gasteiger partial charge in [-0.3, -0.25) is 0 Å². The Kier molecular flexibility index (Phi) is 4.69. The van der Waals surface area contributed by atoms with Gasteiger partial charge in [0.25, 0.3) is 0 Å². The van der Waals surface area contributed by atoms with E-state index in [1.165, 1.54) is 12.1 Å². The van der Waals surface area contributed by atoms with Gasteiger partial charge in [-0.25, -0.2) is 17.5 Å². The molecule has 1 aromatic carbocycles. The van der Waals surface area contributed by atoms with Gasteiger partial charge < -0.3 is 0 Å². The minimum Gasteiger partial charge on any atom is -0.210 e. The molecule has 3 nitrogen and oxygen atoms in total. The highest BCUT2D eigenvalue weighted by Gasteiger charge is 2.19. The summed E-state index contributed by atoms with van der Waals surface area (Å²) in [6.07, 6.45) is 0. The Morgan fingerprint density at radius 2 is 1.81 bits per heavy atom. The first-order chi connectivity index (χ1) is 7.38. The Hall–Kier alpha value is -0.210. The van der Waals surface area contributed by atoms with Crippen molar-refractivity contribution in [2.24, 2.45) is 0 Å². The summed E-state index contributed by atoms with van der Waals surface area (Å²) < 4.78 is 40.0. The van der Waals surface area contributed by atoms with Crippen LogP contribution in [-0.4, -0.2) is 19.4 Å². The first-order valence-corrected chi connectivity index (χ1v) is 7.71. The van der Waals surface area contributed by atoms with Crippen LogP contribution in [0.25, 0.3) is 0 Å². The van der Waals surface area contributed by atoms with Crippen LogP contribution in [0.4, 0.5) is 4.39 Å². The van der Waals surface area contributed by atoms with Crippen molar-refractivity contribution in [2.75, 3.05) is 11.0 Å². The second-order valence-corrected chi connectivity index (χ2v) is 6.24. The van der Waals surface area contributed by atoms with E-state index in [9.17, 15) is 12.8 Å². The third-order valence-electron chi connectivity index (χ3n) is 2.08. The fourth-order valence-corrected chi connectivity index (χ4v) is 3.68. The molecule has 0 aliphatic carbocycles. The number of benzene rings is 1. The molecule has 6 heteroatoms. The van der Waals surface area contributed by atoms with Crippen LogP contribution in [0.3, 0.4) is 0 Å². The van der Waals surface area contributed by atoms with E-state index in [4.69, 9.17) is 0 Å². The summed E-state index contributed by atoms with van der Waals surface area (Å²) >= 11 is 2.08. The van der Waals surface area contributed by atoms with E-state index in [0.29, 0.717) is 22.1 Å². The lowest BCUT2D eigenvalue weighted by Crippen LogP contribution is -2.27. The molecule has 0 atom stereocenters. The Morgan fingerprint density at radius 1 is 1.31 bits per heavy atom. The molecule has 0 fully saturated rings. The summed E-state index contributed by atoms with van der Waals surface area (Å²) in [6.45, 7) is 3.56. The molecule has 0 aromatic heterocycles. The molecule has 0 saturated carbocycles. The molecule has 1 aromatic rings. The average molecular weight is 357 g/mol. The molecule has 0 radical (unpaired) electrons. The van der Waals surface area contributed by atoms with Crippen LogP contribution >= 0.6 is 22.6 Å². The van der Waals surface area contributed by atoms with Crippen LogP contribution < -0.4 is 4.72 Å². The molecule has 0 spiro atoms. The first-order valence-electron chi connectivity index (χ1n) is 4.71. The van der Waals surface area contributed by atoms with Crippen LogP contribution in [0.2, 0.25) is 0 Å². The SMILES string of the molecule is Cc1cc(F)cc(C)c1S(=O)(=O)NCCI. The van der Waals surface area contributed by atoms with Crippen molar-refractivity contribution in [3.63, 3.8) is 0 Å². The molecule has 1 N–H and O–H groups in total. The normalized spacial score (nSPS) is 11.8. The largest absolute Gasteiger partial charge is 0.241 e. The Morgan fingerprint density at radius 3 is 2.25 bits per heavy atom. The van der Waals surface area contributed by atoms with Gasteiger partial charge in [0.1, 0.15) is 5.82 Å². The monoisotopic (exact) mass is 357 g/mol. The van der Waals surface area contributed by atoms with E-state index in [1.54, 1.807) is 13.8 Å². The van der Waals surface area contributed by atoms with Crippen LogP contribution in [-0.2, 0) is 10.0 Å². The van der Waals surface area contributed by atoms with Crippen LogP contribution in [0.1, 0.15) is 11.1 Å². The van der Waals surface area contributed by atoms with Gasteiger partial charge in [-0.05, 0) is 37.1 Å². The zero-order chi connectivity index (χ0) is 12.3. The maximum Gasteiger partial charge on any atom is 0.241 e. The van der Waals surface area contributed by atoms with Crippen molar-refractivity contribution in [1.82, 2.24) is 4.72 Å². The van der Waals surface area contributed by atoms with E-state index < -0.39 is 15.8 Å². The first kappa shape index (κ1) is 13.9. The van der Waals surface area contributed by atoms with Crippen molar-refractivity contribution in [1.29, 1.82) is 0 Å². The molecule has 16 heavy (non-hydrogen) atoms. The van der Waals surface area contributed by atoms with E-state index in [0.717, 1.165) is 0 Å². The summed E-state index contributed by atoms with van der Waals surface area (Å²) in [7, 11) is -3.52. The number of halogens is 2. The Balaban J connectivity index is 3.23. The summed E-state index contributed by atoms with van der Waals surface area (Å²) in [4.78, 5) is 0.179. The van der Waals surface area contributed by atoms with E-state index >= 15 is 0 Å². The van der Waals surface area contributed by atoms with E-state index in [2.05, 4.69) is 27.3 Å². The van der Waals surface area contributed by atoms with Crippen molar-refractivity contribution in [3.05, 3.63) is 29.1 Å². The molecule has 90 valence electrons. The lowest BCUT2D eigenvalue weighted by Gasteiger charge is -2.11. The number of hydrogen-bond acceptors (Lipinski definition) is 2. The summed E-state index contributed by atoms with van der Waals surface area (Å²) in [5.74, 6) is -0.414. The lowest BCUT2D eigenvalue weighted by atomic mass is 10.1. The fourth-order valence-electron chi connectivity index (χ4n) is 1.57. The molecule has 0 amide bonds. The van der Waals surface area contributed by atoms with Gasteiger partial charge in [-0.15, -0.1) is 0 Å². The summed E-state index contributed by atoms with van der Waals surface area (Å²) in [5.41, 5.74) is 0.858. The summed E-state index contributed by atoms with van der Waals surface area (Å²) in [6, 6.07) is 2.46. The number of sulfonamides is 1. The zero-order valence-electron chi connectivity index (χ0n) is 9.05. The van der Waals surface area contributed by atoms with Gasteiger partial charge in [0.2, 0.25) is 10.0 Å². The Bertz CT molecular complexity index is 465. The van der Waals surface area contributed by atoms with Crippen molar-refractivity contribution in [2.45, 2.75) is 18.7 Å². The van der Waals surface area contributed by atoms with Gasteiger partial charge >= 0.3 is 0 Å². The number of nitrogens with one attached hydrogen (secondary N) is 1. The maximum absolute atomic E-state index is 13.0. The fraction of sp³-hybridized carbons (Fsp3) is 0.400. The van der Waals surface area contributed by atoms with Crippen molar-refractivity contribution < 1.29 is 12.8 Å². The molecule has 0 heterocycles. The van der Waals surface area contributed by atoms with Crippen LogP contribution in [0, 0.1) is 19.7 Å². The number of aryl methyl sites for hydroxylation is 2. The molecule has 0 aliphatic rings. The second kappa shape index (κ2) is 5.42. The minimum atomic E-state index is -3.52. The predicted octanol–water partition coefficient (Wildman–Crippen LogP) is 2.16. The van der Waals surface area contributed by atoms with Gasteiger partial charge in [0.05, 0.1) is 4.90 Å². The van der Waals surface area contributed by atoms with Crippen LogP contribution in [0.15, 0.2) is 17.0 Å². The predicted molar refractivity (Wildman–Crippen MR) is 69.9 cm³/mol. The maximum atomic E-state index is 13.0. The van der Waals surface area contributed by atoms with Gasteiger partial charge in [0, 0.05) is 11.0 Å². The topological polar surface area (TPSA) is 46.2 Å². The highest BCUT2D eigenvalue weighted by Crippen LogP contribution is 2.20. The molecular weight excluding hydrogens is 344 g/mol. The number of alkyl halides is 1. The molecule has 1 rings (SSSR count). The molecule has 0 unspecified atom stereocenters. The molecule has 0 bridgehead atoms. The number of rotatable bonds is 4. The molecular formula is C10H13FINO2S. The lowest BCUT2D eigenvalue weighted by molar-refractivity contribution is 0.581. The smallest absolute Gasteiger partial charge is 0.210 e. The van der Waals surface area contributed by atoms with Crippen LogP contribution in [0.5, 0.6) is 0 Å².